The van der Waals surface area contributed by atoms with Crippen molar-refractivity contribution in [3.8, 4) is 28.7 Å². The van der Waals surface area contributed by atoms with Gasteiger partial charge in [0.1, 0.15) is 30.2 Å². The lowest BCUT2D eigenvalue weighted by Crippen LogP contribution is -2.52. The van der Waals surface area contributed by atoms with Crippen LogP contribution < -0.4 is 14.5 Å². The summed E-state index contributed by atoms with van der Waals surface area (Å²) in [7, 11) is -0.160. The molecule has 1 amide bonds. The molecule has 2 saturated heterocycles. The number of benzene rings is 2. The molecule has 2 aliphatic rings. The molecule has 1 spiro atoms. The largest absolute Gasteiger partial charge is 0.544 e. The molecular formula is C30H32N8O4Si. The van der Waals surface area contributed by atoms with Gasteiger partial charge in [0.2, 0.25) is 5.95 Å². The molecule has 0 saturated carbocycles. The predicted molar refractivity (Wildman–Crippen MR) is 161 cm³/mol. The van der Waals surface area contributed by atoms with Crippen LogP contribution in [0.3, 0.4) is 0 Å². The number of ether oxygens (including phenoxy) is 2. The fourth-order valence-corrected chi connectivity index (χ4v) is 6.79. The van der Waals surface area contributed by atoms with Gasteiger partial charge >= 0.3 is 0 Å². The van der Waals surface area contributed by atoms with E-state index < -0.39 is 9.04 Å². The van der Waals surface area contributed by atoms with Crippen LogP contribution in [0.15, 0.2) is 61.4 Å². The minimum Gasteiger partial charge on any atom is -0.544 e. The highest BCUT2D eigenvalue weighted by atomic mass is 28.3. The minimum atomic E-state index is -1.73. The summed E-state index contributed by atoms with van der Waals surface area (Å²) in [6.07, 6.45) is 9.14. The average molecular weight is 597 g/mol. The molecule has 4 aromatic rings. The number of nitrogens with one attached hydrogen (secondary N) is 1. The van der Waals surface area contributed by atoms with Crippen molar-refractivity contribution in [1.82, 2.24) is 29.6 Å². The molecule has 12 nitrogen and oxygen atoms in total. The normalized spacial score (nSPS) is 16.2. The maximum absolute atomic E-state index is 13.2. The quantitative estimate of drug-likeness (QED) is 0.285. The summed E-state index contributed by atoms with van der Waals surface area (Å²) in [4.78, 5) is 28.0. The zero-order chi connectivity index (χ0) is 29.8. The zero-order valence-electron chi connectivity index (χ0n) is 24.1. The van der Waals surface area contributed by atoms with E-state index in [0.717, 1.165) is 50.3 Å². The van der Waals surface area contributed by atoms with E-state index in [1.807, 2.05) is 29.6 Å². The number of anilines is 2. The third-order valence-electron chi connectivity index (χ3n) is 7.95. The molecule has 2 aromatic heterocycles. The summed E-state index contributed by atoms with van der Waals surface area (Å²) in [5.74, 6) is 1.44. The summed E-state index contributed by atoms with van der Waals surface area (Å²) in [6.45, 7) is 5.13. The first-order chi connectivity index (χ1) is 20.9. The molecule has 6 rings (SSSR count). The van der Waals surface area contributed by atoms with Gasteiger partial charge in [-0.25, -0.2) is 15.0 Å². The van der Waals surface area contributed by atoms with Crippen LogP contribution in [0.5, 0.6) is 11.5 Å². The summed E-state index contributed by atoms with van der Waals surface area (Å²) >= 11 is 0. The Balaban J connectivity index is 1.12. The Morgan fingerprint density at radius 2 is 1.91 bits per heavy atom. The second kappa shape index (κ2) is 12.2. The van der Waals surface area contributed by atoms with Crippen molar-refractivity contribution < 1.29 is 18.7 Å². The Bertz CT molecular complexity index is 1630. The number of amides is 1. The van der Waals surface area contributed by atoms with Gasteiger partial charge < -0.3 is 24.1 Å². The van der Waals surface area contributed by atoms with Crippen molar-refractivity contribution in [2.45, 2.75) is 25.6 Å². The fraction of sp³-hybridized carbons (Fsp3) is 0.333. The van der Waals surface area contributed by atoms with Crippen LogP contribution in [-0.4, -0.2) is 78.0 Å². The molecule has 0 bridgehead atoms. The Labute approximate surface area is 251 Å². The third kappa shape index (κ3) is 6.20. The second-order valence-corrected chi connectivity index (χ2v) is 13.2. The SMILES string of the molecule is COc1cc(C(=O)N2CCC3(CC2)COC3)ccc1Nc1ncc(-c2ccc(C#N)c(O[Si@@H](C)Cn3cncn3)c2)cn1. The smallest absolute Gasteiger partial charge is 0.253 e. The van der Waals surface area contributed by atoms with Crippen LogP contribution in [0.4, 0.5) is 11.6 Å². The highest BCUT2D eigenvalue weighted by Gasteiger charge is 2.42. The molecule has 2 fully saturated rings. The van der Waals surface area contributed by atoms with E-state index in [2.05, 4.69) is 31.4 Å². The van der Waals surface area contributed by atoms with Crippen LogP contribution in [0.1, 0.15) is 28.8 Å². The van der Waals surface area contributed by atoms with E-state index >= 15 is 0 Å². The van der Waals surface area contributed by atoms with Gasteiger partial charge in [0.15, 0.2) is 0 Å². The van der Waals surface area contributed by atoms with Gasteiger partial charge in [0.05, 0.1) is 37.7 Å². The van der Waals surface area contributed by atoms with E-state index in [9.17, 15) is 10.1 Å². The lowest BCUT2D eigenvalue weighted by molar-refractivity contribution is -0.136. The minimum absolute atomic E-state index is 0.00163. The number of likely N-dealkylation sites (tertiary alicyclic amines) is 1. The van der Waals surface area contributed by atoms with Gasteiger partial charge in [0.25, 0.3) is 14.9 Å². The number of nitrogens with zero attached hydrogens (tertiary/aromatic N) is 7. The first-order valence-electron chi connectivity index (χ1n) is 14.1. The van der Waals surface area contributed by atoms with Crippen LogP contribution in [0, 0.1) is 16.7 Å². The van der Waals surface area contributed by atoms with Crippen molar-refractivity contribution in [3.05, 3.63) is 72.6 Å². The molecule has 1 N–H and O–H groups in total. The van der Waals surface area contributed by atoms with Crippen LogP contribution >= 0.6 is 0 Å². The zero-order valence-corrected chi connectivity index (χ0v) is 25.2. The molecule has 43 heavy (non-hydrogen) atoms. The topological polar surface area (TPSA) is 140 Å². The van der Waals surface area contributed by atoms with Crippen molar-refractivity contribution in [3.63, 3.8) is 0 Å². The molecule has 13 heteroatoms. The van der Waals surface area contributed by atoms with Crippen molar-refractivity contribution in [1.29, 1.82) is 5.26 Å². The first-order valence-corrected chi connectivity index (χ1v) is 16.6. The Morgan fingerprint density at radius 1 is 1.12 bits per heavy atom. The van der Waals surface area contributed by atoms with E-state index in [1.165, 1.54) is 6.33 Å². The molecule has 1 atom stereocenters. The number of methoxy groups -OCH3 is 1. The lowest BCUT2D eigenvalue weighted by atomic mass is 9.77. The number of hydrogen-bond acceptors (Lipinski definition) is 10. The maximum Gasteiger partial charge on any atom is 0.253 e. The molecule has 0 radical (unpaired) electrons. The number of rotatable bonds is 9. The molecule has 2 aromatic carbocycles. The highest BCUT2D eigenvalue weighted by Crippen LogP contribution is 2.39. The van der Waals surface area contributed by atoms with Crippen LogP contribution in [0.2, 0.25) is 6.55 Å². The van der Waals surface area contributed by atoms with Crippen molar-refractivity contribution in [2.24, 2.45) is 5.41 Å². The Kier molecular flexibility index (Phi) is 8.04. The maximum atomic E-state index is 13.2. The summed E-state index contributed by atoms with van der Waals surface area (Å²) in [6, 6.07) is 13.0. The Hall–Kier alpha value is -4.80. The van der Waals surface area contributed by atoms with Crippen molar-refractivity contribution in [2.75, 3.05) is 38.7 Å². The van der Waals surface area contributed by atoms with Crippen LogP contribution in [0.25, 0.3) is 11.1 Å². The van der Waals surface area contributed by atoms with E-state index in [1.54, 1.807) is 48.7 Å². The molecule has 2 aliphatic heterocycles. The van der Waals surface area contributed by atoms with Gasteiger partial charge in [-0.15, -0.1) is 0 Å². The molecule has 0 unspecified atom stereocenters. The predicted octanol–water partition coefficient (Wildman–Crippen LogP) is 3.58. The van der Waals surface area contributed by atoms with Gasteiger partial charge in [-0.2, -0.15) is 10.4 Å². The van der Waals surface area contributed by atoms with Gasteiger partial charge in [-0.05, 0) is 55.3 Å². The number of hydrogen-bond donors (Lipinski definition) is 1. The van der Waals surface area contributed by atoms with Gasteiger partial charge in [0, 0.05) is 42.0 Å². The molecule has 220 valence electrons. The lowest BCUT2D eigenvalue weighted by Gasteiger charge is -2.47. The molecule has 0 aliphatic carbocycles. The molecule has 4 heterocycles. The first kappa shape index (κ1) is 28.3. The van der Waals surface area contributed by atoms with Crippen LogP contribution in [-0.2, 0) is 10.9 Å². The fourth-order valence-electron chi connectivity index (χ4n) is 5.37. The monoisotopic (exact) mass is 596 g/mol. The summed E-state index contributed by atoms with van der Waals surface area (Å²) in [5.41, 5.74) is 3.57. The number of piperidine rings is 1. The average Bonchev–Trinajstić information content (AvgIpc) is 3.53. The van der Waals surface area contributed by atoms with Gasteiger partial charge in [-0.3, -0.25) is 9.48 Å². The van der Waals surface area contributed by atoms with Gasteiger partial charge in [-0.1, -0.05) is 6.07 Å². The number of carbonyl (C=O) groups is 1. The second-order valence-electron chi connectivity index (χ2n) is 11.0. The number of carbonyl (C=O) groups excluding carboxylic acids is 1. The number of aromatic nitrogens is 5. The summed E-state index contributed by atoms with van der Waals surface area (Å²) in [5, 5.41) is 16.9. The highest BCUT2D eigenvalue weighted by molar-refractivity contribution is 6.49. The Morgan fingerprint density at radius 3 is 2.56 bits per heavy atom. The van der Waals surface area contributed by atoms with E-state index in [-0.39, 0.29) is 11.3 Å². The van der Waals surface area contributed by atoms with E-state index in [4.69, 9.17) is 13.9 Å². The summed E-state index contributed by atoms with van der Waals surface area (Å²) < 4.78 is 18.9. The van der Waals surface area contributed by atoms with Crippen molar-refractivity contribution >= 4 is 26.6 Å². The van der Waals surface area contributed by atoms with E-state index in [0.29, 0.717) is 40.4 Å². The third-order valence-corrected chi connectivity index (χ3v) is 9.49. The standard InChI is InChI=1S/C30H32N8O4Si/c1-40-27-12-22(28(39)37-9-7-30(8-10-37)16-41-17-30)5-6-25(27)36-29-33-14-24(15-34-29)21-3-4-23(13-31)26(11-21)42-43(2)20-38-19-32-18-35-38/h3-6,11-12,14-15,18-19,43H,7-10,16-17,20H2,1-2H3,(H,33,34,36)/t43-/m0/s1. The number of nitriles is 1. The molecular weight excluding hydrogens is 564 g/mol.